The lowest BCUT2D eigenvalue weighted by Gasteiger charge is -2.19. The van der Waals surface area contributed by atoms with Gasteiger partial charge in [-0.25, -0.2) is 4.98 Å². The topological polar surface area (TPSA) is 53.3 Å². The molecule has 0 fully saturated rings. The fourth-order valence-corrected chi connectivity index (χ4v) is 4.30. The molecule has 0 aliphatic heterocycles. The van der Waals surface area contributed by atoms with Crippen LogP contribution in [0.3, 0.4) is 0 Å². The third-order valence-corrected chi connectivity index (χ3v) is 6.47. The van der Waals surface area contributed by atoms with Crippen LogP contribution in [0, 0.1) is 0 Å². The molecule has 36 heavy (non-hydrogen) atoms. The molecule has 0 N–H and O–H groups in total. The van der Waals surface area contributed by atoms with Gasteiger partial charge < -0.3 is 9.47 Å². The van der Waals surface area contributed by atoms with E-state index in [1.807, 2.05) is 53.1 Å². The lowest BCUT2D eigenvalue weighted by Crippen LogP contribution is -2.23. The first-order chi connectivity index (χ1) is 17.4. The van der Waals surface area contributed by atoms with E-state index in [4.69, 9.17) is 14.5 Å². The third kappa shape index (κ3) is 6.14. The highest BCUT2D eigenvalue weighted by Crippen LogP contribution is 2.25. The number of methoxy groups -OCH3 is 1. The van der Waals surface area contributed by atoms with Gasteiger partial charge in [0.2, 0.25) is 0 Å². The van der Waals surface area contributed by atoms with Crippen LogP contribution >= 0.6 is 0 Å². The van der Waals surface area contributed by atoms with E-state index >= 15 is 0 Å². The Hall–Kier alpha value is -3.60. The monoisotopic (exact) mass is 484 g/mol. The second-order valence-electron chi connectivity index (χ2n) is 10.2. The number of rotatable bonds is 10. The molecule has 1 aromatic heterocycles. The number of hydrogen-bond donors (Lipinski definition) is 0. The van der Waals surface area contributed by atoms with Gasteiger partial charge in [-0.2, -0.15) is 0 Å². The highest BCUT2D eigenvalue weighted by atomic mass is 16.5. The minimum Gasteiger partial charge on any atom is -0.497 e. The van der Waals surface area contributed by atoms with Crippen LogP contribution in [0.1, 0.15) is 52.0 Å². The number of hydrogen-bond acceptors (Lipinski definition) is 4. The maximum Gasteiger partial charge on any atom is 0.261 e. The number of para-hydroxylation sites is 1. The average molecular weight is 485 g/mol. The van der Waals surface area contributed by atoms with Gasteiger partial charge in [0.1, 0.15) is 17.3 Å². The molecule has 0 bridgehead atoms. The van der Waals surface area contributed by atoms with Crippen molar-refractivity contribution in [3.8, 4) is 22.9 Å². The van der Waals surface area contributed by atoms with Crippen LogP contribution < -0.4 is 15.0 Å². The number of ether oxygens (including phenoxy) is 2. The Labute approximate surface area is 213 Å². The summed E-state index contributed by atoms with van der Waals surface area (Å²) in [6.07, 6.45) is 3.96. The summed E-state index contributed by atoms with van der Waals surface area (Å²) in [5, 5.41) is 0.653. The van der Waals surface area contributed by atoms with Gasteiger partial charge in [-0.3, -0.25) is 9.36 Å². The van der Waals surface area contributed by atoms with Crippen molar-refractivity contribution >= 4 is 10.9 Å². The number of nitrogens with zero attached hydrogens (tertiary/aromatic N) is 2. The zero-order valence-electron chi connectivity index (χ0n) is 21.8. The van der Waals surface area contributed by atoms with Gasteiger partial charge in [0, 0.05) is 12.1 Å². The van der Waals surface area contributed by atoms with Gasteiger partial charge in [-0.15, -0.1) is 0 Å². The van der Waals surface area contributed by atoms with Gasteiger partial charge in [0.05, 0.1) is 24.6 Å². The van der Waals surface area contributed by atoms with Crippen LogP contribution in [0.2, 0.25) is 0 Å². The van der Waals surface area contributed by atoms with Crippen molar-refractivity contribution in [2.45, 2.75) is 58.4 Å². The smallest absolute Gasteiger partial charge is 0.261 e. The lowest BCUT2D eigenvalue weighted by atomic mass is 9.87. The zero-order chi connectivity index (χ0) is 25.5. The van der Waals surface area contributed by atoms with Gasteiger partial charge in [-0.1, -0.05) is 57.9 Å². The summed E-state index contributed by atoms with van der Waals surface area (Å²) in [6, 6.07) is 23.7. The van der Waals surface area contributed by atoms with Crippen molar-refractivity contribution in [1.29, 1.82) is 0 Å². The summed E-state index contributed by atoms with van der Waals surface area (Å²) in [4.78, 5) is 18.2. The first-order valence-electron chi connectivity index (χ1n) is 12.7. The van der Waals surface area contributed by atoms with E-state index in [-0.39, 0.29) is 11.0 Å². The molecule has 0 aliphatic rings. The molecule has 1 heterocycles. The van der Waals surface area contributed by atoms with Crippen molar-refractivity contribution < 1.29 is 9.47 Å². The Morgan fingerprint density at radius 1 is 0.806 bits per heavy atom. The van der Waals surface area contributed by atoms with Crippen LogP contribution in [-0.4, -0.2) is 23.3 Å². The molecule has 188 valence electrons. The van der Waals surface area contributed by atoms with E-state index in [0.29, 0.717) is 24.4 Å². The van der Waals surface area contributed by atoms with Gasteiger partial charge in [0.25, 0.3) is 5.56 Å². The quantitative estimate of drug-likeness (QED) is 0.227. The van der Waals surface area contributed by atoms with E-state index < -0.39 is 0 Å². The maximum atomic E-state index is 13.3. The Bertz CT molecular complexity index is 1330. The van der Waals surface area contributed by atoms with Gasteiger partial charge in [0.15, 0.2) is 0 Å². The predicted octanol–water partition coefficient (Wildman–Crippen LogP) is 7.01. The standard InChI is InChI=1S/C31H36N2O3/c1-31(2,3)24-15-19-26(20-16-24)36-22-10-6-5-9-21-33-29(23-13-17-25(35-4)18-14-23)32-28-12-8-7-11-27(28)30(33)34/h7-8,11-20H,5-6,9-10,21-22H2,1-4H3. The first kappa shape index (κ1) is 25.5. The first-order valence-corrected chi connectivity index (χ1v) is 12.7. The Morgan fingerprint density at radius 2 is 1.47 bits per heavy atom. The summed E-state index contributed by atoms with van der Waals surface area (Å²) >= 11 is 0. The number of unbranched alkanes of at least 4 members (excludes halogenated alkanes) is 3. The summed E-state index contributed by atoms with van der Waals surface area (Å²) in [7, 11) is 1.65. The van der Waals surface area contributed by atoms with E-state index in [2.05, 4.69) is 45.0 Å². The predicted molar refractivity (Wildman–Crippen MR) is 147 cm³/mol. The third-order valence-electron chi connectivity index (χ3n) is 6.47. The summed E-state index contributed by atoms with van der Waals surface area (Å²) in [6.45, 7) is 7.97. The Morgan fingerprint density at radius 3 is 2.17 bits per heavy atom. The normalized spacial score (nSPS) is 11.6. The highest BCUT2D eigenvalue weighted by Gasteiger charge is 2.14. The number of fused-ring (bicyclic) bond motifs is 1. The molecule has 0 unspecified atom stereocenters. The molecular weight excluding hydrogens is 448 g/mol. The van der Waals surface area contributed by atoms with Crippen molar-refractivity contribution in [2.24, 2.45) is 0 Å². The van der Waals surface area contributed by atoms with Crippen LogP contribution in [-0.2, 0) is 12.0 Å². The largest absolute Gasteiger partial charge is 0.497 e. The maximum absolute atomic E-state index is 13.3. The molecule has 4 rings (SSSR count). The minimum absolute atomic E-state index is 0.00783. The molecule has 5 nitrogen and oxygen atoms in total. The molecule has 4 aromatic rings. The fourth-order valence-electron chi connectivity index (χ4n) is 4.30. The van der Waals surface area contributed by atoms with Gasteiger partial charge >= 0.3 is 0 Å². The fraction of sp³-hybridized carbons (Fsp3) is 0.355. The molecule has 3 aromatic carbocycles. The van der Waals surface area contributed by atoms with E-state index in [0.717, 1.165) is 48.3 Å². The Balaban J connectivity index is 1.35. The van der Waals surface area contributed by atoms with E-state index in [9.17, 15) is 4.79 Å². The molecule has 0 radical (unpaired) electrons. The summed E-state index contributed by atoms with van der Waals surface area (Å²) in [5.41, 5.74) is 3.09. The van der Waals surface area contributed by atoms with Crippen LogP contribution in [0.4, 0.5) is 0 Å². The van der Waals surface area contributed by atoms with Crippen LogP contribution in [0.15, 0.2) is 77.6 Å². The highest BCUT2D eigenvalue weighted by molar-refractivity contribution is 5.79. The molecule has 0 aliphatic carbocycles. The molecule has 0 spiro atoms. The van der Waals surface area contributed by atoms with Crippen molar-refractivity contribution in [2.75, 3.05) is 13.7 Å². The summed E-state index contributed by atoms with van der Waals surface area (Å²) < 4.78 is 13.0. The molecule has 0 saturated carbocycles. The van der Waals surface area contributed by atoms with Crippen LogP contribution in [0.5, 0.6) is 11.5 Å². The van der Waals surface area contributed by atoms with Gasteiger partial charge in [-0.05, 0) is 72.4 Å². The second-order valence-corrected chi connectivity index (χ2v) is 10.2. The van der Waals surface area contributed by atoms with Crippen molar-refractivity contribution in [3.05, 3.63) is 88.7 Å². The number of aromatic nitrogens is 2. The van der Waals surface area contributed by atoms with Crippen molar-refractivity contribution in [1.82, 2.24) is 9.55 Å². The molecule has 0 saturated heterocycles. The van der Waals surface area contributed by atoms with E-state index in [1.54, 1.807) is 7.11 Å². The number of benzene rings is 3. The molecular formula is C31H36N2O3. The summed E-state index contributed by atoms with van der Waals surface area (Å²) in [5.74, 6) is 2.39. The molecule has 0 amide bonds. The Kier molecular flexibility index (Phi) is 8.09. The minimum atomic E-state index is 0.00783. The van der Waals surface area contributed by atoms with Crippen molar-refractivity contribution in [3.63, 3.8) is 0 Å². The second kappa shape index (κ2) is 11.4. The van der Waals surface area contributed by atoms with Crippen LogP contribution in [0.25, 0.3) is 22.3 Å². The lowest BCUT2D eigenvalue weighted by molar-refractivity contribution is 0.304. The SMILES string of the molecule is COc1ccc(-c2nc3ccccc3c(=O)n2CCCCCCOc2ccc(C(C)(C)C)cc2)cc1. The molecule has 5 heteroatoms. The van der Waals surface area contributed by atoms with E-state index in [1.165, 1.54) is 5.56 Å². The molecule has 0 atom stereocenters. The zero-order valence-corrected chi connectivity index (χ0v) is 21.8. The average Bonchev–Trinajstić information content (AvgIpc) is 2.89.